The van der Waals surface area contributed by atoms with Crippen LogP contribution in [0.3, 0.4) is 0 Å². The highest BCUT2D eigenvalue weighted by atomic mass is 16.6. The van der Waals surface area contributed by atoms with Gasteiger partial charge < -0.3 is 4.74 Å². The second-order valence-corrected chi connectivity index (χ2v) is 4.61. The molecular formula is C16H15N3O4. The van der Waals surface area contributed by atoms with Crippen molar-refractivity contribution < 1.29 is 14.5 Å². The monoisotopic (exact) mass is 313 g/mol. The summed E-state index contributed by atoms with van der Waals surface area (Å²) in [5.41, 5.74) is 3.54. The van der Waals surface area contributed by atoms with Crippen molar-refractivity contribution in [2.45, 2.75) is 6.10 Å². The topological polar surface area (TPSA) is 93.8 Å². The lowest BCUT2D eigenvalue weighted by molar-refractivity contribution is -0.384. The molecule has 1 amide bonds. The molecule has 0 fully saturated rings. The van der Waals surface area contributed by atoms with Crippen LogP contribution in [0.1, 0.15) is 17.2 Å². The molecule has 0 radical (unpaired) electrons. The summed E-state index contributed by atoms with van der Waals surface area (Å²) in [5, 5.41) is 14.5. The highest BCUT2D eigenvalue weighted by molar-refractivity contribution is 5.85. The Bertz CT molecular complexity index is 716. The molecule has 7 nitrogen and oxygen atoms in total. The Hall–Kier alpha value is -3.06. The minimum absolute atomic E-state index is 0.0423. The molecule has 7 heteroatoms. The van der Waals surface area contributed by atoms with Crippen LogP contribution >= 0.6 is 0 Å². The van der Waals surface area contributed by atoms with Crippen molar-refractivity contribution in [3.63, 3.8) is 0 Å². The Morgan fingerprint density at radius 1 is 1.26 bits per heavy atom. The van der Waals surface area contributed by atoms with Gasteiger partial charge in [-0.1, -0.05) is 42.5 Å². The minimum atomic E-state index is -0.779. The van der Waals surface area contributed by atoms with Crippen LogP contribution in [0.5, 0.6) is 0 Å². The van der Waals surface area contributed by atoms with Crippen molar-refractivity contribution in [3.05, 3.63) is 75.8 Å². The zero-order valence-corrected chi connectivity index (χ0v) is 12.4. The number of carbonyl (C=O) groups is 1. The van der Waals surface area contributed by atoms with Gasteiger partial charge in [-0.3, -0.25) is 14.9 Å². The van der Waals surface area contributed by atoms with Gasteiger partial charge >= 0.3 is 0 Å². The Labute approximate surface area is 132 Å². The number of nitro groups is 1. The van der Waals surface area contributed by atoms with E-state index >= 15 is 0 Å². The van der Waals surface area contributed by atoms with Gasteiger partial charge in [-0.2, -0.15) is 5.10 Å². The summed E-state index contributed by atoms with van der Waals surface area (Å²) >= 11 is 0. The standard InChI is InChI=1S/C16H15N3O4/c1-23-15(13-7-3-2-4-8-13)16(20)18-17-11-12-6-5-9-14(10-12)19(21)22/h2-11,15H,1H3,(H,18,20)/b17-11+. The lowest BCUT2D eigenvalue weighted by atomic mass is 10.1. The van der Waals surface area contributed by atoms with Gasteiger partial charge in [0.2, 0.25) is 0 Å². The molecule has 2 rings (SSSR count). The van der Waals surface area contributed by atoms with Crippen molar-refractivity contribution in [1.82, 2.24) is 5.43 Å². The molecule has 0 aliphatic heterocycles. The Balaban J connectivity index is 2.03. The summed E-state index contributed by atoms with van der Waals surface area (Å²) in [4.78, 5) is 22.3. The van der Waals surface area contributed by atoms with Crippen molar-refractivity contribution in [2.24, 2.45) is 5.10 Å². The quantitative estimate of drug-likeness (QED) is 0.503. The SMILES string of the molecule is COC(C(=O)N/N=C/c1cccc([N+](=O)[O-])c1)c1ccccc1. The predicted octanol–water partition coefficient (Wildman–Crippen LogP) is 2.43. The normalized spacial score (nSPS) is 12.0. The van der Waals surface area contributed by atoms with Gasteiger partial charge in [0, 0.05) is 24.8 Å². The predicted molar refractivity (Wildman–Crippen MR) is 85.0 cm³/mol. The van der Waals surface area contributed by atoms with Gasteiger partial charge in [-0.25, -0.2) is 5.43 Å². The van der Waals surface area contributed by atoms with E-state index in [0.29, 0.717) is 11.1 Å². The van der Waals surface area contributed by atoms with Crippen LogP contribution in [0.2, 0.25) is 0 Å². The molecule has 0 saturated carbocycles. The van der Waals surface area contributed by atoms with E-state index in [1.54, 1.807) is 36.4 Å². The van der Waals surface area contributed by atoms with Gasteiger partial charge in [-0.15, -0.1) is 0 Å². The molecule has 0 spiro atoms. The number of benzene rings is 2. The number of nitrogens with zero attached hydrogens (tertiary/aromatic N) is 2. The Morgan fingerprint density at radius 3 is 2.65 bits per heavy atom. The van der Waals surface area contributed by atoms with Crippen LogP contribution in [-0.4, -0.2) is 24.2 Å². The largest absolute Gasteiger partial charge is 0.367 e. The molecule has 1 unspecified atom stereocenters. The van der Waals surface area contributed by atoms with Gasteiger partial charge in [0.25, 0.3) is 11.6 Å². The molecular weight excluding hydrogens is 298 g/mol. The van der Waals surface area contributed by atoms with E-state index in [4.69, 9.17) is 4.74 Å². The van der Waals surface area contributed by atoms with Crippen LogP contribution < -0.4 is 5.43 Å². The zero-order valence-electron chi connectivity index (χ0n) is 12.4. The number of nitro benzene ring substituents is 1. The highest BCUT2D eigenvalue weighted by Gasteiger charge is 2.19. The third-order valence-electron chi connectivity index (χ3n) is 3.05. The second kappa shape index (κ2) is 7.81. The van der Waals surface area contributed by atoms with Gasteiger partial charge in [-0.05, 0) is 5.56 Å². The van der Waals surface area contributed by atoms with Crippen LogP contribution in [0.4, 0.5) is 5.69 Å². The van der Waals surface area contributed by atoms with E-state index in [1.807, 2.05) is 6.07 Å². The molecule has 1 atom stereocenters. The van der Waals surface area contributed by atoms with Crippen molar-refractivity contribution in [3.8, 4) is 0 Å². The van der Waals surface area contributed by atoms with Crippen molar-refractivity contribution in [2.75, 3.05) is 7.11 Å². The number of ether oxygens (including phenoxy) is 1. The molecule has 0 heterocycles. The van der Waals surface area contributed by atoms with Crippen molar-refractivity contribution in [1.29, 1.82) is 0 Å². The molecule has 0 aliphatic carbocycles. The number of hydrogen-bond acceptors (Lipinski definition) is 5. The highest BCUT2D eigenvalue weighted by Crippen LogP contribution is 2.16. The van der Waals surface area contributed by atoms with Crippen molar-refractivity contribution >= 4 is 17.8 Å². The summed E-state index contributed by atoms with van der Waals surface area (Å²) in [6.07, 6.45) is 0.557. The van der Waals surface area contributed by atoms with E-state index in [-0.39, 0.29) is 5.69 Å². The third-order valence-corrected chi connectivity index (χ3v) is 3.05. The fourth-order valence-corrected chi connectivity index (χ4v) is 1.97. The van der Waals surface area contributed by atoms with E-state index < -0.39 is 16.9 Å². The lowest BCUT2D eigenvalue weighted by Crippen LogP contribution is -2.26. The lowest BCUT2D eigenvalue weighted by Gasteiger charge is -2.13. The number of nitrogens with one attached hydrogen (secondary N) is 1. The maximum absolute atomic E-state index is 12.1. The van der Waals surface area contributed by atoms with E-state index in [2.05, 4.69) is 10.5 Å². The molecule has 118 valence electrons. The minimum Gasteiger partial charge on any atom is -0.367 e. The zero-order chi connectivity index (χ0) is 16.7. The fraction of sp³-hybridized carbons (Fsp3) is 0.125. The first-order valence-electron chi connectivity index (χ1n) is 6.77. The first-order valence-corrected chi connectivity index (χ1v) is 6.77. The Kier molecular flexibility index (Phi) is 5.54. The van der Waals surface area contributed by atoms with E-state index in [9.17, 15) is 14.9 Å². The Morgan fingerprint density at radius 2 is 2.00 bits per heavy atom. The maximum Gasteiger partial charge on any atom is 0.273 e. The third kappa shape index (κ3) is 4.45. The van der Waals surface area contributed by atoms with Crippen LogP contribution in [-0.2, 0) is 9.53 Å². The molecule has 0 bridgehead atoms. The number of rotatable bonds is 6. The molecule has 2 aromatic rings. The van der Waals surface area contributed by atoms with Gasteiger partial charge in [0.15, 0.2) is 6.10 Å². The van der Waals surface area contributed by atoms with E-state index in [1.165, 1.54) is 25.5 Å². The number of methoxy groups -OCH3 is 1. The summed E-state index contributed by atoms with van der Waals surface area (Å²) in [6.45, 7) is 0. The van der Waals surface area contributed by atoms with Crippen LogP contribution in [0, 0.1) is 10.1 Å². The molecule has 0 aliphatic rings. The second-order valence-electron chi connectivity index (χ2n) is 4.61. The van der Waals surface area contributed by atoms with Gasteiger partial charge in [0.05, 0.1) is 11.1 Å². The van der Waals surface area contributed by atoms with Gasteiger partial charge in [0.1, 0.15) is 0 Å². The maximum atomic E-state index is 12.1. The molecule has 2 aromatic carbocycles. The molecule has 1 N–H and O–H groups in total. The van der Waals surface area contributed by atoms with Crippen LogP contribution in [0.25, 0.3) is 0 Å². The molecule has 0 aromatic heterocycles. The summed E-state index contributed by atoms with van der Waals surface area (Å²) in [7, 11) is 1.43. The summed E-state index contributed by atoms with van der Waals surface area (Å²) in [6, 6.07) is 14.9. The molecule has 23 heavy (non-hydrogen) atoms. The number of amides is 1. The first kappa shape index (κ1) is 16.3. The average molecular weight is 313 g/mol. The summed E-state index contributed by atoms with van der Waals surface area (Å²) in [5.74, 6) is -0.430. The fourth-order valence-electron chi connectivity index (χ4n) is 1.97. The number of non-ortho nitro benzene ring substituents is 1. The number of hydrazone groups is 1. The summed E-state index contributed by atoms with van der Waals surface area (Å²) < 4.78 is 5.18. The van der Waals surface area contributed by atoms with Crippen LogP contribution in [0.15, 0.2) is 59.7 Å². The van der Waals surface area contributed by atoms with E-state index in [0.717, 1.165) is 0 Å². The smallest absolute Gasteiger partial charge is 0.273 e. The number of hydrogen-bond donors (Lipinski definition) is 1. The average Bonchev–Trinajstić information content (AvgIpc) is 2.57. The number of carbonyl (C=O) groups excluding carboxylic acids is 1. The molecule has 0 saturated heterocycles. The first-order chi connectivity index (χ1) is 11.1.